The van der Waals surface area contributed by atoms with Gasteiger partial charge in [0.05, 0.1) is 11.7 Å². The molecule has 0 amide bonds. The van der Waals surface area contributed by atoms with E-state index in [0.717, 1.165) is 6.42 Å². The number of fused-ring (bicyclic) bond motifs is 1. The molecular weight excluding hydrogens is 392 g/mol. The molecule has 5 heteroatoms. The van der Waals surface area contributed by atoms with Gasteiger partial charge in [0.2, 0.25) is 0 Å². The van der Waals surface area contributed by atoms with Crippen LogP contribution in [0.3, 0.4) is 0 Å². The molecule has 5 nitrogen and oxygen atoms in total. The highest BCUT2D eigenvalue weighted by Gasteiger charge is 2.46. The van der Waals surface area contributed by atoms with Crippen LogP contribution in [0.1, 0.15) is 54.9 Å². The number of ether oxygens (including phenoxy) is 2. The van der Waals surface area contributed by atoms with Gasteiger partial charge in [-0.25, -0.2) is 0 Å². The first-order valence-corrected chi connectivity index (χ1v) is 11.5. The van der Waals surface area contributed by atoms with Crippen molar-refractivity contribution in [3.8, 4) is 0 Å². The van der Waals surface area contributed by atoms with E-state index in [4.69, 9.17) is 9.47 Å². The molecule has 1 fully saturated rings. The molecule has 1 heterocycles. The number of Topliss-reactive ketones (excluding diaryl/α,β-unsaturated/α-hetero) is 1. The van der Waals surface area contributed by atoms with Crippen molar-refractivity contribution in [2.24, 2.45) is 35.5 Å². The lowest BCUT2D eigenvalue weighted by molar-refractivity contribution is -0.164. The number of ketones is 1. The molecule has 1 N–H and O–H groups in total. The molecule has 0 aromatic carbocycles. The number of hydrogen-bond donors (Lipinski definition) is 1. The Balaban J connectivity index is 1.98. The molecule has 2 aliphatic rings. The molecule has 174 valence electrons. The van der Waals surface area contributed by atoms with E-state index in [9.17, 15) is 14.7 Å². The number of aliphatic hydroxyl groups excluding tert-OH is 1. The summed E-state index contributed by atoms with van der Waals surface area (Å²) in [7, 11) is 0. The number of aliphatic hydroxyl groups is 1. The molecule has 2 rings (SSSR count). The standard InChI is InChI=1S/C26H40O5/c1-16(10-8-9-11-17(2)30-25(29)18(3)19(4)28)22-13-12-21-14-26(6,7)31-20(5)24(21)23(22)15-27/h8-13,16-18,20-24,27H,14-15H2,1-7H3/b10-8-,11-9+/t16-,17+,18+,20+,21-,22+,23-,24-/m1/s1. The molecule has 0 unspecified atom stereocenters. The maximum absolute atomic E-state index is 11.9. The number of carbonyl (C=O) groups is 2. The maximum atomic E-state index is 11.9. The third kappa shape index (κ3) is 6.63. The molecule has 31 heavy (non-hydrogen) atoms. The smallest absolute Gasteiger partial charge is 0.316 e. The predicted molar refractivity (Wildman–Crippen MR) is 122 cm³/mol. The van der Waals surface area contributed by atoms with E-state index in [1.54, 1.807) is 19.9 Å². The summed E-state index contributed by atoms with van der Waals surface area (Å²) in [5, 5.41) is 10.2. The molecule has 0 spiro atoms. The zero-order chi connectivity index (χ0) is 23.3. The molecule has 0 radical (unpaired) electrons. The van der Waals surface area contributed by atoms with Gasteiger partial charge in [0, 0.05) is 6.61 Å². The minimum absolute atomic E-state index is 0.113. The molecule has 0 aromatic heterocycles. The molecule has 1 aliphatic heterocycles. The van der Waals surface area contributed by atoms with Gasteiger partial charge in [-0.15, -0.1) is 0 Å². The SMILES string of the molecule is CC(=O)[C@H](C)C(=O)O[C@@H](C)/C=C/C=C\[C@@H](C)[C@@H]1C=C[C@@H]2CC(C)(C)O[C@@H](C)[C@H]2[C@@H]1CO. The molecule has 0 aromatic rings. The van der Waals surface area contributed by atoms with Crippen LogP contribution < -0.4 is 0 Å². The van der Waals surface area contributed by atoms with Gasteiger partial charge in [-0.05, 0) is 83.6 Å². The van der Waals surface area contributed by atoms with Crippen LogP contribution in [-0.4, -0.2) is 41.3 Å². The zero-order valence-electron chi connectivity index (χ0n) is 20.1. The average molecular weight is 433 g/mol. The summed E-state index contributed by atoms with van der Waals surface area (Å²) in [4.78, 5) is 23.1. The first-order valence-electron chi connectivity index (χ1n) is 11.5. The summed E-state index contributed by atoms with van der Waals surface area (Å²) in [6.07, 6.45) is 13.0. The Bertz CT molecular complexity index is 719. The highest BCUT2D eigenvalue weighted by atomic mass is 16.5. The van der Waals surface area contributed by atoms with Gasteiger partial charge in [0.25, 0.3) is 0 Å². The lowest BCUT2D eigenvalue weighted by Gasteiger charge is -2.50. The van der Waals surface area contributed by atoms with Crippen molar-refractivity contribution in [2.45, 2.75) is 72.7 Å². The number of rotatable bonds is 8. The largest absolute Gasteiger partial charge is 0.458 e. The summed E-state index contributed by atoms with van der Waals surface area (Å²) in [6, 6.07) is 0. The second-order valence-corrected chi connectivity index (χ2v) is 9.94. The van der Waals surface area contributed by atoms with Crippen molar-refractivity contribution in [2.75, 3.05) is 6.61 Å². The number of allylic oxidation sites excluding steroid dienone is 5. The van der Waals surface area contributed by atoms with Crippen molar-refractivity contribution in [1.82, 2.24) is 0 Å². The summed E-state index contributed by atoms with van der Waals surface area (Å²) >= 11 is 0. The van der Waals surface area contributed by atoms with Crippen LogP contribution in [0.2, 0.25) is 0 Å². The van der Waals surface area contributed by atoms with Crippen LogP contribution in [-0.2, 0) is 19.1 Å². The molecule has 1 aliphatic carbocycles. The highest BCUT2D eigenvalue weighted by Crippen LogP contribution is 2.47. The molecule has 0 saturated carbocycles. The Morgan fingerprint density at radius 1 is 1.19 bits per heavy atom. The van der Waals surface area contributed by atoms with Gasteiger partial charge < -0.3 is 14.6 Å². The van der Waals surface area contributed by atoms with Crippen molar-refractivity contribution in [3.05, 3.63) is 36.5 Å². The first-order chi connectivity index (χ1) is 14.5. The maximum Gasteiger partial charge on any atom is 0.316 e. The van der Waals surface area contributed by atoms with E-state index in [0.29, 0.717) is 11.8 Å². The Morgan fingerprint density at radius 2 is 1.84 bits per heavy atom. The topological polar surface area (TPSA) is 72.8 Å². The van der Waals surface area contributed by atoms with Crippen molar-refractivity contribution in [1.29, 1.82) is 0 Å². The van der Waals surface area contributed by atoms with E-state index < -0.39 is 18.0 Å². The molecule has 8 atom stereocenters. The third-order valence-corrected chi connectivity index (χ3v) is 6.83. The number of hydrogen-bond acceptors (Lipinski definition) is 5. The van der Waals surface area contributed by atoms with E-state index in [-0.39, 0.29) is 41.8 Å². The minimum Gasteiger partial charge on any atom is -0.458 e. The second-order valence-electron chi connectivity index (χ2n) is 9.94. The quantitative estimate of drug-likeness (QED) is 0.264. The number of esters is 1. The molecule has 1 saturated heterocycles. The van der Waals surface area contributed by atoms with Crippen LogP contribution in [0, 0.1) is 35.5 Å². The minimum atomic E-state index is -0.736. The van der Waals surface area contributed by atoms with E-state index in [1.165, 1.54) is 6.92 Å². The molecule has 0 bridgehead atoms. The van der Waals surface area contributed by atoms with Gasteiger partial charge in [0.1, 0.15) is 17.8 Å². The molecular formula is C26H40O5. The van der Waals surface area contributed by atoms with Crippen LogP contribution in [0.4, 0.5) is 0 Å². The van der Waals surface area contributed by atoms with Crippen molar-refractivity contribution < 1.29 is 24.2 Å². The van der Waals surface area contributed by atoms with Gasteiger partial charge in [-0.2, -0.15) is 0 Å². The van der Waals surface area contributed by atoms with E-state index >= 15 is 0 Å². The summed E-state index contributed by atoms with van der Waals surface area (Å²) in [5.74, 6) is -0.0120. The van der Waals surface area contributed by atoms with E-state index in [1.807, 2.05) is 12.2 Å². The fraction of sp³-hybridized carbons (Fsp3) is 0.692. The average Bonchev–Trinajstić information content (AvgIpc) is 2.68. The van der Waals surface area contributed by atoms with Crippen molar-refractivity contribution in [3.63, 3.8) is 0 Å². The van der Waals surface area contributed by atoms with Crippen molar-refractivity contribution >= 4 is 11.8 Å². The Morgan fingerprint density at radius 3 is 2.45 bits per heavy atom. The van der Waals surface area contributed by atoms with Gasteiger partial charge in [-0.1, -0.05) is 37.3 Å². The summed E-state index contributed by atoms with van der Waals surface area (Å²) < 4.78 is 11.5. The van der Waals surface area contributed by atoms with Gasteiger partial charge in [-0.3, -0.25) is 9.59 Å². The van der Waals surface area contributed by atoms with E-state index in [2.05, 4.69) is 45.9 Å². The highest BCUT2D eigenvalue weighted by molar-refractivity contribution is 5.97. The fourth-order valence-electron chi connectivity index (χ4n) is 5.10. The first kappa shape index (κ1) is 25.5. The Hall–Kier alpha value is -1.72. The van der Waals surface area contributed by atoms with Crippen LogP contribution in [0.25, 0.3) is 0 Å². The van der Waals surface area contributed by atoms with Crippen LogP contribution in [0.5, 0.6) is 0 Å². The third-order valence-electron chi connectivity index (χ3n) is 6.83. The Kier molecular flexibility index (Phi) is 8.84. The van der Waals surface area contributed by atoms with Crippen LogP contribution in [0.15, 0.2) is 36.5 Å². The fourth-order valence-corrected chi connectivity index (χ4v) is 5.10. The van der Waals surface area contributed by atoms with Gasteiger partial charge >= 0.3 is 5.97 Å². The number of carbonyl (C=O) groups excluding carboxylic acids is 2. The Labute approximate surface area is 187 Å². The lowest BCUT2D eigenvalue weighted by atomic mass is 9.62. The summed E-state index contributed by atoms with van der Waals surface area (Å²) in [6.45, 7) is 13.5. The monoisotopic (exact) mass is 432 g/mol. The normalized spacial score (nSPS) is 33.1. The second kappa shape index (κ2) is 10.7. The summed E-state index contributed by atoms with van der Waals surface area (Å²) in [5.41, 5.74) is -0.129. The zero-order valence-corrected chi connectivity index (χ0v) is 20.1. The lowest BCUT2D eigenvalue weighted by Crippen LogP contribution is -2.51. The van der Waals surface area contributed by atoms with Gasteiger partial charge in [0.15, 0.2) is 0 Å². The van der Waals surface area contributed by atoms with Crippen LogP contribution >= 0.6 is 0 Å². The predicted octanol–water partition coefficient (Wildman–Crippen LogP) is 4.51.